The number of aliphatic hydroxyl groups is 1. The van der Waals surface area contributed by atoms with E-state index in [2.05, 4.69) is 20.6 Å². The van der Waals surface area contributed by atoms with Crippen LogP contribution >= 0.6 is 0 Å². The van der Waals surface area contributed by atoms with E-state index in [9.17, 15) is 4.79 Å². The molecule has 0 saturated carbocycles. The van der Waals surface area contributed by atoms with Gasteiger partial charge in [0.15, 0.2) is 0 Å². The van der Waals surface area contributed by atoms with E-state index in [0.717, 1.165) is 16.9 Å². The first-order valence-electron chi connectivity index (χ1n) is 7.14. The summed E-state index contributed by atoms with van der Waals surface area (Å²) < 4.78 is 0. The Morgan fingerprint density at radius 1 is 1.36 bits per heavy atom. The molecule has 6 heteroatoms. The predicted molar refractivity (Wildman–Crippen MR) is 84.7 cm³/mol. The molecule has 1 amide bonds. The van der Waals surface area contributed by atoms with Crippen LogP contribution in [-0.2, 0) is 0 Å². The number of benzene rings is 1. The summed E-state index contributed by atoms with van der Waals surface area (Å²) in [6.07, 6.45) is 5.00. The van der Waals surface area contributed by atoms with Gasteiger partial charge in [0.1, 0.15) is 0 Å². The standard InChI is InChI=1S/C16H20N4O2/c1-11-13(16(22)19-8-9-21)4-3-5-14(11)20-12(2)15-10-17-6-7-18-15/h3-7,10,12,20-21H,8-9H2,1-2H3,(H,19,22). The second kappa shape index (κ2) is 7.51. The van der Waals surface area contributed by atoms with Crippen LogP contribution in [0.1, 0.15) is 34.6 Å². The Kier molecular flexibility index (Phi) is 5.43. The van der Waals surface area contributed by atoms with E-state index in [1.165, 1.54) is 0 Å². The van der Waals surface area contributed by atoms with E-state index < -0.39 is 0 Å². The number of nitrogens with one attached hydrogen (secondary N) is 2. The third kappa shape index (κ3) is 3.79. The van der Waals surface area contributed by atoms with Gasteiger partial charge in [0.25, 0.3) is 5.91 Å². The van der Waals surface area contributed by atoms with Crippen molar-refractivity contribution in [2.75, 3.05) is 18.5 Å². The second-order valence-electron chi connectivity index (χ2n) is 4.95. The van der Waals surface area contributed by atoms with Gasteiger partial charge >= 0.3 is 0 Å². The van der Waals surface area contributed by atoms with E-state index in [-0.39, 0.29) is 25.1 Å². The number of nitrogens with zero attached hydrogens (tertiary/aromatic N) is 2. The van der Waals surface area contributed by atoms with Gasteiger partial charge < -0.3 is 15.7 Å². The van der Waals surface area contributed by atoms with Gasteiger partial charge in [-0.05, 0) is 31.5 Å². The molecule has 116 valence electrons. The van der Waals surface area contributed by atoms with E-state index in [0.29, 0.717) is 5.56 Å². The highest BCUT2D eigenvalue weighted by molar-refractivity contribution is 5.97. The molecule has 0 bridgehead atoms. The number of rotatable bonds is 6. The van der Waals surface area contributed by atoms with Gasteiger partial charge in [-0.1, -0.05) is 6.07 Å². The topological polar surface area (TPSA) is 87.1 Å². The molecule has 0 aliphatic rings. The van der Waals surface area contributed by atoms with Crippen molar-refractivity contribution >= 4 is 11.6 Å². The van der Waals surface area contributed by atoms with Gasteiger partial charge in [0.2, 0.25) is 0 Å². The Balaban J connectivity index is 2.17. The zero-order chi connectivity index (χ0) is 15.9. The number of aliphatic hydroxyl groups excluding tert-OH is 1. The molecule has 6 nitrogen and oxygen atoms in total. The van der Waals surface area contributed by atoms with Crippen LogP contribution in [0.4, 0.5) is 5.69 Å². The largest absolute Gasteiger partial charge is 0.395 e. The fourth-order valence-electron chi connectivity index (χ4n) is 2.14. The molecule has 0 aliphatic carbocycles. The third-order valence-electron chi connectivity index (χ3n) is 3.37. The van der Waals surface area contributed by atoms with Gasteiger partial charge in [0.05, 0.1) is 24.5 Å². The number of carbonyl (C=O) groups is 1. The number of hydrogen-bond donors (Lipinski definition) is 3. The van der Waals surface area contributed by atoms with Gasteiger partial charge in [-0.2, -0.15) is 0 Å². The van der Waals surface area contributed by atoms with Crippen molar-refractivity contribution in [3.8, 4) is 0 Å². The van der Waals surface area contributed by atoms with E-state index in [1.54, 1.807) is 24.7 Å². The molecule has 1 aromatic carbocycles. The Bertz CT molecular complexity index is 631. The van der Waals surface area contributed by atoms with Crippen molar-refractivity contribution in [3.05, 3.63) is 53.6 Å². The molecular formula is C16H20N4O2. The zero-order valence-corrected chi connectivity index (χ0v) is 12.7. The summed E-state index contributed by atoms with van der Waals surface area (Å²) in [5, 5.41) is 14.8. The average Bonchev–Trinajstić information content (AvgIpc) is 2.55. The molecule has 0 fully saturated rings. The van der Waals surface area contributed by atoms with E-state index in [4.69, 9.17) is 5.11 Å². The second-order valence-corrected chi connectivity index (χ2v) is 4.95. The molecule has 2 rings (SSSR count). The highest BCUT2D eigenvalue weighted by Gasteiger charge is 2.13. The van der Waals surface area contributed by atoms with Gasteiger partial charge in [0, 0.05) is 30.2 Å². The van der Waals surface area contributed by atoms with Crippen LogP contribution in [0.5, 0.6) is 0 Å². The van der Waals surface area contributed by atoms with Crippen LogP contribution in [0.25, 0.3) is 0 Å². The number of amides is 1. The third-order valence-corrected chi connectivity index (χ3v) is 3.37. The van der Waals surface area contributed by atoms with Crippen molar-refractivity contribution in [1.82, 2.24) is 15.3 Å². The molecule has 1 unspecified atom stereocenters. The smallest absolute Gasteiger partial charge is 0.251 e. The molecule has 22 heavy (non-hydrogen) atoms. The fourth-order valence-corrected chi connectivity index (χ4v) is 2.14. The number of carbonyl (C=O) groups excluding carboxylic acids is 1. The lowest BCUT2D eigenvalue weighted by molar-refractivity contribution is 0.0944. The maximum absolute atomic E-state index is 12.1. The number of aromatic nitrogens is 2. The first kappa shape index (κ1) is 15.9. The maximum atomic E-state index is 12.1. The average molecular weight is 300 g/mol. The van der Waals surface area contributed by atoms with Crippen molar-refractivity contribution in [3.63, 3.8) is 0 Å². The summed E-state index contributed by atoms with van der Waals surface area (Å²) in [6.45, 7) is 4.04. The Labute approximate surface area is 129 Å². The minimum absolute atomic E-state index is 0.0249. The lowest BCUT2D eigenvalue weighted by atomic mass is 10.0. The first-order chi connectivity index (χ1) is 10.6. The fraction of sp³-hybridized carbons (Fsp3) is 0.312. The summed E-state index contributed by atoms with van der Waals surface area (Å²) in [4.78, 5) is 20.4. The summed E-state index contributed by atoms with van der Waals surface area (Å²) in [7, 11) is 0. The lowest BCUT2D eigenvalue weighted by Crippen LogP contribution is -2.27. The van der Waals surface area contributed by atoms with Gasteiger partial charge in [-0.15, -0.1) is 0 Å². The quantitative estimate of drug-likeness (QED) is 0.755. The van der Waals surface area contributed by atoms with Crippen molar-refractivity contribution in [2.45, 2.75) is 19.9 Å². The zero-order valence-electron chi connectivity index (χ0n) is 12.7. The minimum Gasteiger partial charge on any atom is -0.395 e. The van der Waals surface area contributed by atoms with Crippen LogP contribution < -0.4 is 10.6 Å². The highest BCUT2D eigenvalue weighted by Crippen LogP contribution is 2.23. The molecule has 1 atom stereocenters. The molecule has 3 N–H and O–H groups in total. The molecule has 1 heterocycles. The van der Waals surface area contributed by atoms with E-state index in [1.807, 2.05) is 26.0 Å². The van der Waals surface area contributed by atoms with Crippen LogP contribution in [0, 0.1) is 6.92 Å². The normalized spacial score (nSPS) is 11.8. The SMILES string of the molecule is Cc1c(NC(C)c2cnccn2)cccc1C(=O)NCCO. The maximum Gasteiger partial charge on any atom is 0.251 e. The lowest BCUT2D eigenvalue weighted by Gasteiger charge is -2.18. The monoisotopic (exact) mass is 300 g/mol. The number of hydrogen-bond acceptors (Lipinski definition) is 5. The van der Waals surface area contributed by atoms with Crippen molar-refractivity contribution in [1.29, 1.82) is 0 Å². The van der Waals surface area contributed by atoms with Crippen LogP contribution in [0.15, 0.2) is 36.8 Å². The molecule has 0 radical (unpaired) electrons. The molecule has 0 spiro atoms. The summed E-state index contributed by atoms with van der Waals surface area (Å²) >= 11 is 0. The van der Waals surface area contributed by atoms with Gasteiger partial charge in [-0.3, -0.25) is 14.8 Å². The van der Waals surface area contributed by atoms with Crippen LogP contribution in [-0.4, -0.2) is 34.1 Å². The minimum atomic E-state index is -0.192. The molecule has 2 aromatic rings. The highest BCUT2D eigenvalue weighted by atomic mass is 16.3. The summed E-state index contributed by atoms with van der Waals surface area (Å²) in [6, 6.07) is 5.49. The molecular weight excluding hydrogens is 280 g/mol. The Morgan fingerprint density at radius 2 is 2.18 bits per heavy atom. The first-order valence-corrected chi connectivity index (χ1v) is 7.14. The van der Waals surface area contributed by atoms with Crippen LogP contribution in [0.3, 0.4) is 0 Å². The molecule has 1 aromatic heterocycles. The van der Waals surface area contributed by atoms with Crippen molar-refractivity contribution < 1.29 is 9.90 Å². The summed E-state index contributed by atoms with van der Waals surface area (Å²) in [5.41, 5.74) is 3.14. The van der Waals surface area contributed by atoms with Gasteiger partial charge in [-0.25, -0.2) is 0 Å². The predicted octanol–water partition coefficient (Wildman–Crippen LogP) is 1.68. The van der Waals surface area contributed by atoms with Crippen LogP contribution in [0.2, 0.25) is 0 Å². The Hall–Kier alpha value is -2.47. The number of anilines is 1. The molecule has 0 aliphatic heterocycles. The Morgan fingerprint density at radius 3 is 2.86 bits per heavy atom. The van der Waals surface area contributed by atoms with E-state index >= 15 is 0 Å². The molecule has 0 saturated heterocycles. The van der Waals surface area contributed by atoms with Crippen molar-refractivity contribution in [2.24, 2.45) is 0 Å². The summed E-state index contributed by atoms with van der Waals surface area (Å²) in [5.74, 6) is -0.192.